The lowest BCUT2D eigenvalue weighted by Crippen LogP contribution is -2.63. The number of hydrogen-bond acceptors (Lipinski definition) is 14. The second-order valence-corrected chi connectivity index (χ2v) is 27.1. The van der Waals surface area contributed by atoms with Crippen LogP contribution in [0.2, 0.25) is 0 Å². The number of ether oxygens (including phenoxy) is 2. The Morgan fingerprint density at radius 2 is 1.00 bits per heavy atom. The first-order valence-corrected chi connectivity index (χ1v) is 31.8. The van der Waals surface area contributed by atoms with Crippen LogP contribution in [0.5, 0.6) is 0 Å². The van der Waals surface area contributed by atoms with Crippen LogP contribution in [-0.2, 0) is 67.0 Å². The summed E-state index contributed by atoms with van der Waals surface area (Å²) in [6.45, 7) is 28.6. The van der Waals surface area contributed by atoms with Crippen molar-refractivity contribution < 1.29 is 67.0 Å². The van der Waals surface area contributed by atoms with E-state index in [1.54, 1.807) is 55.4 Å². The summed E-state index contributed by atoms with van der Waals surface area (Å²) < 4.78 is 11.1. The number of methoxy groups -OCH3 is 1. The van der Waals surface area contributed by atoms with Crippen molar-refractivity contribution in [3.8, 4) is 0 Å². The highest BCUT2D eigenvalue weighted by Crippen LogP contribution is 2.26. The first-order chi connectivity index (χ1) is 41.1. The highest BCUT2D eigenvalue weighted by molar-refractivity contribution is 6.10. The molecule has 1 heterocycles. The molecule has 1 fully saturated rings. The molecule has 1 aliphatic rings. The molecule has 510 valence electrons. The lowest BCUT2D eigenvalue weighted by molar-refractivity contribution is -0.157. The van der Waals surface area contributed by atoms with E-state index < -0.39 is 161 Å². The third kappa shape index (κ3) is 23.2. The van der Waals surface area contributed by atoms with E-state index in [0.717, 1.165) is 21.1 Å². The number of rotatable bonds is 19. The van der Waals surface area contributed by atoms with Crippen LogP contribution < -0.4 is 21.3 Å². The molecule has 0 unspecified atom stereocenters. The summed E-state index contributed by atoms with van der Waals surface area (Å²) in [6, 6.07) is -13.0. The van der Waals surface area contributed by atoms with Gasteiger partial charge >= 0.3 is 0 Å². The number of amides is 11. The minimum absolute atomic E-state index is 0.0257. The van der Waals surface area contributed by atoms with Crippen molar-refractivity contribution in [1.82, 2.24) is 55.6 Å². The smallest absolute Gasteiger partial charge is 0.251 e. The van der Waals surface area contributed by atoms with Gasteiger partial charge in [0.25, 0.3) is 5.91 Å². The van der Waals surface area contributed by atoms with Gasteiger partial charge in [-0.1, -0.05) is 103 Å². The van der Waals surface area contributed by atoms with E-state index in [4.69, 9.17) is 9.47 Å². The zero-order valence-corrected chi connectivity index (χ0v) is 58.7. The largest absolute Gasteiger partial charge is 0.359 e. The van der Waals surface area contributed by atoms with Gasteiger partial charge in [0, 0.05) is 68.8 Å². The maximum absolute atomic E-state index is 15.2. The number of nitrogens with one attached hydrogen (secondary N) is 4. The Balaban J connectivity index is 4.40. The number of Topliss-reactive ketones (excluding diaryl/α,β-unsaturated/α-hetero) is 1. The number of carbonyl (C=O) groups is 12. The van der Waals surface area contributed by atoms with E-state index in [-0.39, 0.29) is 56.7 Å². The lowest BCUT2D eigenvalue weighted by atomic mass is 9.91. The minimum Gasteiger partial charge on any atom is -0.359 e. The predicted molar refractivity (Wildman–Crippen MR) is 340 cm³/mol. The van der Waals surface area contributed by atoms with Gasteiger partial charge in [0.2, 0.25) is 59.1 Å². The third-order valence-electron chi connectivity index (χ3n) is 16.7. The molecular formula is C64H115N11O14. The Kier molecular flexibility index (Phi) is 33.2. The van der Waals surface area contributed by atoms with Gasteiger partial charge in [-0.3, -0.25) is 57.5 Å². The Bertz CT molecular complexity index is 2430. The number of hydrogen-bond donors (Lipinski definition) is 4. The molecule has 0 aromatic carbocycles. The SMILES string of the molecule is CCCC[C@@H](C)C(=O)[C@H]1C(=O)N[C@@H](CC)C(=O)N(C)CC(=O)N(C)[C@@H](CC(C)(C)OCOC)C(=O)N[C@@H](C(C)C)C(=O)N(C)[C@@H](CC(C)C)C(=O)N[C@@H](C)C(=O)N[C@H](C)C(=O)N(C)[C@@H](CC(C)C)C(=O)N(C)[C@@H](CC(C)C)C(=O)N(C)[C@@H](C(C)C)C(=O)N1C. The fourth-order valence-electron chi connectivity index (χ4n) is 11.0. The second kappa shape index (κ2) is 36.6. The molecule has 25 nitrogen and oxygen atoms in total. The van der Waals surface area contributed by atoms with Crippen LogP contribution in [0.3, 0.4) is 0 Å². The van der Waals surface area contributed by atoms with Crippen LogP contribution in [0.15, 0.2) is 0 Å². The summed E-state index contributed by atoms with van der Waals surface area (Å²) in [6.07, 6.45) is 1.97. The second-order valence-electron chi connectivity index (χ2n) is 27.1. The van der Waals surface area contributed by atoms with E-state index in [0.29, 0.717) is 12.8 Å². The Hall–Kier alpha value is -6.24. The van der Waals surface area contributed by atoms with Gasteiger partial charge in [-0.05, 0) is 89.4 Å². The average molecular weight is 1260 g/mol. The maximum Gasteiger partial charge on any atom is 0.251 e. The normalized spacial score (nSPS) is 25.9. The van der Waals surface area contributed by atoms with Gasteiger partial charge in [-0.2, -0.15) is 0 Å². The van der Waals surface area contributed by atoms with Crippen LogP contribution >= 0.6 is 0 Å². The summed E-state index contributed by atoms with van der Waals surface area (Å²) in [7, 11) is 11.1. The quantitative estimate of drug-likeness (QED) is 0.107. The zero-order chi connectivity index (χ0) is 69.0. The summed E-state index contributed by atoms with van der Waals surface area (Å²) in [4.78, 5) is 184. The number of nitrogens with zero attached hydrogens (tertiary/aromatic N) is 7. The molecule has 0 aliphatic carbocycles. The Morgan fingerprint density at radius 3 is 1.47 bits per heavy atom. The van der Waals surface area contributed by atoms with Gasteiger partial charge in [-0.25, -0.2) is 0 Å². The van der Waals surface area contributed by atoms with Gasteiger partial charge in [0.05, 0.1) is 12.1 Å². The van der Waals surface area contributed by atoms with Crippen molar-refractivity contribution in [2.45, 2.75) is 235 Å². The maximum atomic E-state index is 15.2. The monoisotopic (exact) mass is 1260 g/mol. The third-order valence-corrected chi connectivity index (χ3v) is 16.7. The Morgan fingerprint density at radius 1 is 0.528 bits per heavy atom. The summed E-state index contributed by atoms with van der Waals surface area (Å²) in [5, 5.41) is 10.9. The minimum atomic E-state index is -1.80. The van der Waals surface area contributed by atoms with Crippen LogP contribution in [0.4, 0.5) is 0 Å². The lowest BCUT2D eigenvalue weighted by Gasteiger charge is -2.40. The van der Waals surface area contributed by atoms with Gasteiger partial charge in [0.15, 0.2) is 11.8 Å². The molecule has 1 rings (SSSR count). The van der Waals surface area contributed by atoms with Crippen molar-refractivity contribution in [1.29, 1.82) is 0 Å². The molecular weight excluding hydrogens is 1150 g/mol. The molecule has 0 aromatic heterocycles. The van der Waals surface area contributed by atoms with E-state index in [2.05, 4.69) is 21.3 Å². The molecule has 0 saturated carbocycles. The molecule has 0 aromatic rings. The van der Waals surface area contributed by atoms with Crippen LogP contribution in [0, 0.1) is 35.5 Å². The van der Waals surface area contributed by atoms with Gasteiger partial charge < -0.3 is 65.0 Å². The van der Waals surface area contributed by atoms with Crippen LogP contribution in [0.1, 0.15) is 169 Å². The molecule has 1 aliphatic heterocycles. The molecule has 25 heteroatoms. The molecule has 89 heavy (non-hydrogen) atoms. The number of likely N-dealkylation sites (N-methyl/N-ethyl adjacent to an activating group) is 7. The summed E-state index contributed by atoms with van der Waals surface area (Å²) >= 11 is 0. The molecule has 11 atom stereocenters. The summed E-state index contributed by atoms with van der Waals surface area (Å²) in [5.74, 6) is -11.0. The first kappa shape index (κ1) is 80.8. The van der Waals surface area contributed by atoms with E-state index >= 15 is 9.59 Å². The van der Waals surface area contributed by atoms with E-state index in [1.807, 2.05) is 48.5 Å². The molecule has 1 saturated heterocycles. The van der Waals surface area contributed by atoms with E-state index in [1.165, 1.54) is 89.9 Å². The molecule has 0 radical (unpaired) electrons. The van der Waals surface area contributed by atoms with Crippen molar-refractivity contribution in [3.05, 3.63) is 0 Å². The topological polar surface area (TPSA) is 294 Å². The van der Waals surface area contributed by atoms with Gasteiger partial charge in [0.1, 0.15) is 61.2 Å². The standard InChI is InChI=1S/C64H115N11O14/c1-26-28-29-41(13)53(77)52-57(81)67-44(27-2)59(83)69(18)34-49(76)70(19)48(33-64(16,17)89-35-88-25)56(80)68-50(39(9)10)62(86)71(20)45(30-36(3)4)55(79)65-42(14)54(78)66-43(15)58(82)72(21)46(31-37(5)6)60(84)73(22)47(32-38(7)8)61(85)74(23)51(40(11)12)63(87)75(52)24/h36-48,50-52H,26-35H2,1-25H3,(H,65,79)(H,66,78)(H,67,81)(H,68,80)/t41-,42+,43-,44+,45+,46+,47+,48+,50+,51+,52+/m1/s1. The van der Waals surface area contributed by atoms with Crippen molar-refractivity contribution in [2.24, 2.45) is 35.5 Å². The molecule has 0 bridgehead atoms. The average Bonchev–Trinajstić information content (AvgIpc) is 3.31. The predicted octanol–water partition coefficient (Wildman–Crippen LogP) is 3.44. The number of carbonyl (C=O) groups excluding carboxylic acids is 12. The van der Waals surface area contributed by atoms with Crippen molar-refractivity contribution >= 4 is 70.8 Å². The number of ketones is 1. The van der Waals surface area contributed by atoms with Crippen LogP contribution in [0.25, 0.3) is 0 Å². The van der Waals surface area contributed by atoms with Gasteiger partial charge in [-0.15, -0.1) is 0 Å². The fraction of sp³-hybridized carbons (Fsp3) is 0.812. The molecule has 11 amide bonds. The highest BCUT2D eigenvalue weighted by atomic mass is 16.7. The first-order valence-electron chi connectivity index (χ1n) is 31.8. The van der Waals surface area contributed by atoms with Crippen molar-refractivity contribution in [3.63, 3.8) is 0 Å². The fourth-order valence-corrected chi connectivity index (χ4v) is 11.0. The van der Waals surface area contributed by atoms with E-state index in [9.17, 15) is 47.9 Å². The molecule has 4 N–H and O–H groups in total. The van der Waals surface area contributed by atoms with Crippen molar-refractivity contribution in [2.75, 3.05) is 69.8 Å². The zero-order valence-electron chi connectivity index (χ0n) is 58.7. The summed E-state index contributed by atoms with van der Waals surface area (Å²) in [5.41, 5.74) is -1.13. The van der Waals surface area contributed by atoms with Crippen LogP contribution in [-0.4, -0.2) is 241 Å². The molecule has 0 spiro atoms. The highest BCUT2D eigenvalue weighted by Gasteiger charge is 2.46. The number of unbranched alkanes of at least 4 members (excludes halogenated alkanes) is 1. The Labute approximate surface area is 531 Å².